The summed E-state index contributed by atoms with van der Waals surface area (Å²) in [4.78, 5) is 21.6. The third-order valence-electron chi connectivity index (χ3n) is 7.61. The molecule has 0 saturated carbocycles. The Morgan fingerprint density at radius 3 is 0.977 bits per heavy atom. The van der Waals surface area contributed by atoms with Crippen molar-refractivity contribution in [3.8, 4) is 0 Å². The minimum Gasteiger partial charge on any atom is -0.481 e. The van der Waals surface area contributed by atoms with E-state index in [-0.39, 0.29) is 18.7 Å². The second kappa shape index (κ2) is 41.9. The van der Waals surface area contributed by atoms with Gasteiger partial charge in [0.25, 0.3) is 0 Å². The Kier molecular flexibility index (Phi) is 45.0. The number of ether oxygens (including phenoxy) is 1. The molecule has 0 aliphatic carbocycles. The van der Waals surface area contributed by atoms with Gasteiger partial charge in [-0.3, -0.25) is 9.59 Å². The van der Waals surface area contributed by atoms with Crippen LogP contribution >= 0.6 is 0 Å². The Balaban J connectivity index is -0.000000662. The second-order valence-corrected chi connectivity index (χ2v) is 12.9. The van der Waals surface area contributed by atoms with Crippen LogP contribution in [0.1, 0.15) is 214 Å². The fraction of sp³-hybridized carbons (Fsp3) is 0.947. The maximum atomic E-state index is 11.3. The molecule has 0 rings (SSSR count). The molecule has 0 aromatic rings. The molecule has 0 fully saturated rings. The molecule has 0 bridgehead atoms. The summed E-state index contributed by atoms with van der Waals surface area (Å²) in [5.41, 5.74) is 0. The molecule has 6 nitrogen and oxygen atoms in total. The maximum Gasteiger partial charge on any atom is 0.306 e. The van der Waals surface area contributed by atoms with E-state index in [2.05, 4.69) is 13.8 Å². The molecule has 0 spiro atoms. The standard InChI is InChI=1S/C18H36O2.C17H34O2.C3H8O2/c1-2-3-4-5-6-7-8-9-10-11-12-13-14-15-16-17-18(19)20;1-4-5-6-7-8-9-10-11-12-13-14-15-17(18)19-16(2)3;1-3(5)2-4/h2-17H2,1H3,(H,19,20);16H,4-15H2,1-3H3;3-5H,2H2,1H3. The Morgan fingerprint density at radius 1 is 0.500 bits per heavy atom. The first kappa shape index (κ1) is 47.3. The van der Waals surface area contributed by atoms with Crippen molar-refractivity contribution < 1.29 is 29.6 Å². The zero-order chi connectivity index (χ0) is 33.5. The van der Waals surface area contributed by atoms with Gasteiger partial charge in [-0.2, -0.15) is 0 Å². The van der Waals surface area contributed by atoms with Crippen LogP contribution in [0.15, 0.2) is 0 Å². The molecule has 0 radical (unpaired) electrons. The molecule has 0 aliphatic rings. The van der Waals surface area contributed by atoms with E-state index in [1.807, 2.05) is 13.8 Å². The van der Waals surface area contributed by atoms with Crippen molar-refractivity contribution in [2.45, 2.75) is 227 Å². The Bertz CT molecular complexity index is 549. The number of aliphatic hydroxyl groups is 2. The van der Waals surface area contributed by atoms with E-state index in [0.29, 0.717) is 12.8 Å². The minimum atomic E-state index is -0.653. The zero-order valence-electron chi connectivity index (χ0n) is 30.2. The Labute approximate surface area is 274 Å². The molecular formula is C38H78O6. The number of carboxylic acids is 1. The highest BCUT2D eigenvalue weighted by molar-refractivity contribution is 5.69. The lowest BCUT2D eigenvalue weighted by Crippen LogP contribution is -2.10. The lowest BCUT2D eigenvalue weighted by Gasteiger charge is -2.07. The first-order chi connectivity index (χ1) is 21.2. The Hall–Kier alpha value is -1.14. The average Bonchev–Trinajstić information content (AvgIpc) is 2.98. The van der Waals surface area contributed by atoms with Gasteiger partial charge in [-0.15, -0.1) is 0 Å². The van der Waals surface area contributed by atoms with E-state index < -0.39 is 12.1 Å². The van der Waals surface area contributed by atoms with Crippen molar-refractivity contribution in [2.75, 3.05) is 6.61 Å². The van der Waals surface area contributed by atoms with Crippen molar-refractivity contribution in [3.63, 3.8) is 0 Å². The third-order valence-corrected chi connectivity index (χ3v) is 7.61. The van der Waals surface area contributed by atoms with Gasteiger partial charge >= 0.3 is 11.9 Å². The first-order valence-corrected chi connectivity index (χ1v) is 18.9. The summed E-state index contributed by atoms with van der Waals surface area (Å²) in [6.45, 7) is 9.72. The maximum absolute atomic E-state index is 11.3. The molecule has 0 aromatic heterocycles. The molecule has 44 heavy (non-hydrogen) atoms. The van der Waals surface area contributed by atoms with E-state index in [4.69, 9.17) is 20.1 Å². The largest absolute Gasteiger partial charge is 0.481 e. The van der Waals surface area contributed by atoms with Crippen molar-refractivity contribution >= 4 is 11.9 Å². The minimum absolute atomic E-state index is 0.0280. The molecule has 0 saturated heterocycles. The number of aliphatic carboxylic acids is 1. The predicted molar refractivity (Wildman–Crippen MR) is 188 cm³/mol. The van der Waals surface area contributed by atoms with Crippen LogP contribution in [0.4, 0.5) is 0 Å². The highest BCUT2D eigenvalue weighted by atomic mass is 16.5. The molecule has 266 valence electrons. The molecule has 1 atom stereocenters. The highest BCUT2D eigenvalue weighted by Crippen LogP contribution is 2.14. The third kappa shape index (κ3) is 53.4. The summed E-state index contributed by atoms with van der Waals surface area (Å²) in [5, 5.41) is 24.5. The van der Waals surface area contributed by atoms with E-state index in [1.54, 1.807) is 0 Å². The first-order valence-electron chi connectivity index (χ1n) is 18.9. The normalized spacial score (nSPS) is 11.4. The number of unbranched alkanes of at least 4 members (excludes halogenated alkanes) is 24. The number of carboxylic acid groups (broad SMARTS) is 1. The van der Waals surface area contributed by atoms with Crippen molar-refractivity contribution in [1.82, 2.24) is 0 Å². The van der Waals surface area contributed by atoms with Gasteiger partial charge < -0.3 is 20.1 Å². The fourth-order valence-corrected chi connectivity index (χ4v) is 4.90. The molecule has 0 heterocycles. The van der Waals surface area contributed by atoms with Crippen LogP contribution in [-0.2, 0) is 14.3 Å². The predicted octanol–water partition coefficient (Wildman–Crippen LogP) is 11.3. The molecule has 6 heteroatoms. The van der Waals surface area contributed by atoms with Crippen molar-refractivity contribution in [1.29, 1.82) is 0 Å². The van der Waals surface area contributed by atoms with Gasteiger partial charge in [0.2, 0.25) is 0 Å². The number of carbonyl (C=O) groups excluding carboxylic acids is 1. The molecular weight excluding hydrogens is 552 g/mol. The number of hydrogen-bond acceptors (Lipinski definition) is 5. The van der Waals surface area contributed by atoms with E-state index in [0.717, 1.165) is 19.3 Å². The topological polar surface area (TPSA) is 104 Å². The summed E-state index contributed by atoms with van der Waals surface area (Å²) in [6, 6.07) is 0. The molecule has 0 aromatic carbocycles. The van der Waals surface area contributed by atoms with E-state index >= 15 is 0 Å². The zero-order valence-corrected chi connectivity index (χ0v) is 30.2. The lowest BCUT2D eigenvalue weighted by molar-refractivity contribution is -0.147. The van der Waals surface area contributed by atoms with Gasteiger partial charge in [0.15, 0.2) is 0 Å². The van der Waals surface area contributed by atoms with Crippen LogP contribution in [0.5, 0.6) is 0 Å². The van der Waals surface area contributed by atoms with Crippen LogP contribution in [-0.4, -0.2) is 46.1 Å². The molecule has 0 amide bonds. The Morgan fingerprint density at radius 2 is 0.750 bits per heavy atom. The summed E-state index contributed by atoms with van der Waals surface area (Å²) in [5.74, 6) is -0.689. The van der Waals surface area contributed by atoms with Crippen LogP contribution < -0.4 is 0 Å². The lowest BCUT2D eigenvalue weighted by atomic mass is 10.0. The molecule has 0 aliphatic heterocycles. The number of esters is 1. The molecule has 1 unspecified atom stereocenters. The van der Waals surface area contributed by atoms with Gasteiger partial charge in [0.05, 0.1) is 18.8 Å². The number of aliphatic hydroxyl groups excluding tert-OH is 2. The smallest absolute Gasteiger partial charge is 0.306 e. The summed E-state index contributed by atoms with van der Waals surface area (Å²) >= 11 is 0. The summed E-state index contributed by atoms with van der Waals surface area (Å²) < 4.78 is 5.10. The monoisotopic (exact) mass is 631 g/mol. The van der Waals surface area contributed by atoms with Gasteiger partial charge in [-0.1, -0.05) is 168 Å². The van der Waals surface area contributed by atoms with Crippen LogP contribution in [0.3, 0.4) is 0 Å². The van der Waals surface area contributed by atoms with Gasteiger partial charge in [-0.05, 0) is 33.6 Å². The summed E-state index contributed by atoms with van der Waals surface area (Å²) in [6.07, 6.45) is 34.7. The second-order valence-electron chi connectivity index (χ2n) is 12.9. The number of carbonyl (C=O) groups is 2. The van der Waals surface area contributed by atoms with Crippen molar-refractivity contribution in [3.05, 3.63) is 0 Å². The van der Waals surface area contributed by atoms with Gasteiger partial charge in [0, 0.05) is 12.8 Å². The highest BCUT2D eigenvalue weighted by Gasteiger charge is 2.04. The quantitative estimate of drug-likeness (QED) is 0.0539. The number of rotatable bonds is 30. The number of hydrogen-bond donors (Lipinski definition) is 3. The average molecular weight is 631 g/mol. The SMILES string of the molecule is CC(O)CO.CCCCCCCCCCCCCC(=O)OC(C)C.CCCCCCCCCCCCCCCCCC(=O)O. The van der Waals surface area contributed by atoms with Crippen LogP contribution in [0.25, 0.3) is 0 Å². The fourth-order valence-electron chi connectivity index (χ4n) is 4.90. The van der Waals surface area contributed by atoms with Crippen molar-refractivity contribution in [2.24, 2.45) is 0 Å². The van der Waals surface area contributed by atoms with Crippen LogP contribution in [0.2, 0.25) is 0 Å². The van der Waals surface area contributed by atoms with E-state index in [1.165, 1.54) is 155 Å². The summed E-state index contributed by atoms with van der Waals surface area (Å²) in [7, 11) is 0. The van der Waals surface area contributed by atoms with E-state index in [9.17, 15) is 9.59 Å². The molecule has 3 N–H and O–H groups in total. The van der Waals surface area contributed by atoms with Gasteiger partial charge in [-0.25, -0.2) is 0 Å². The van der Waals surface area contributed by atoms with Crippen LogP contribution in [0, 0.1) is 0 Å². The van der Waals surface area contributed by atoms with Gasteiger partial charge in [0.1, 0.15) is 0 Å².